The Bertz CT molecular complexity index is 551. The molecule has 1 nitrogen and oxygen atoms in total. The molecule has 0 heterocycles. The molecule has 0 aromatic heterocycles. The van der Waals surface area contributed by atoms with E-state index in [4.69, 9.17) is 4.74 Å². The maximum atomic E-state index is 13.4. The Morgan fingerprint density at radius 1 is 1.16 bits per heavy atom. The van der Waals surface area contributed by atoms with Gasteiger partial charge in [-0.1, -0.05) is 47.1 Å². The lowest BCUT2D eigenvalue weighted by Crippen LogP contribution is -1.98. The minimum atomic E-state index is -0.259. The normalized spacial score (nSPS) is 12.2. The van der Waals surface area contributed by atoms with Gasteiger partial charge >= 0.3 is 0 Å². The van der Waals surface area contributed by atoms with Gasteiger partial charge in [0.05, 0.1) is 11.9 Å². The van der Waals surface area contributed by atoms with Crippen molar-refractivity contribution in [3.63, 3.8) is 0 Å². The molecule has 0 saturated heterocycles. The summed E-state index contributed by atoms with van der Waals surface area (Å²) in [7, 11) is 1.59. The molecule has 1 atom stereocenters. The number of ether oxygens (including phenoxy) is 1. The van der Waals surface area contributed by atoms with Gasteiger partial charge in [0, 0.05) is 5.56 Å². The molecule has 0 aliphatic carbocycles. The first-order valence-electron chi connectivity index (χ1n) is 6.22. The summed E-state index contributed by atoms with van der Waals surface area (Å²) < 4.78 is 18.7. The van der Waals surface area contributed by atoms with E-state index in [-0.39, 0.29) is 10.6 Å². The Morgan fingerprint density at radius 3 is 2.42 bits per heavy atom. The van der Waals surface area contributed by atoms with Crippen LogP contribution in [0.1, 0.15) is 28.4 Å². The Kier molecular flexibility index (Phi) is 4.59. The summed E-state index contributed by atoms with van der Waals surface area (Å²) in [4.78, 5) is -0.0796. The number of hydrogen-bond donors (Lipinski definition) is 0. The third-order valence-corrected chi connectivity index (χ3v) is 4.17. The fraction of sp³-hybridized carbons (Fsp3) is 0.250. The molecular formula is C16H16BrFO. The van der Waals surface area contributed by atoms with Crippen molar-refractivity contribution in [2.45, 2.75) is 18.2 Å². The molecule has 0 radical (unpaired) electrons. The van der Waals surface area contributed by atoms with Gasteiger partial charge in [-0.25, -0.2) is 4.39 Å². The summed E-state index contributed by atoms with van der Waals surface area (Å²) >= 11 is 3.62. The van der Waals surface area contributed by atoms with Gasteiger partial charge in [0.25, 0.3) is 0 Å². The quantitative estimate of drug-likeness (QED) is 0.729. The highest BCUT2D eigenvalue weighted by molar-refractivity contribution is 9.09. The summed E-state index contributed by atoms with van der Waals surface area (Å²) in [6.07, 6.45) is 1.01. The van der Waals surface area contributed by atoms with Crippen LogP contribution in [0, 0.1) is 5.82 Å². The van der Waals surface area contributed by atoms with Gasteiger partial charge < -0.3 is 4.74 Å². The van der Waals surface area contributed by atoms with Crippen LogP contribution in [0.3, 0.4) is 0 Å². The molecule has 0 amide bonds. The molecule has 2 rings (SSSR count). The molecule has 2 aromatic rings. The maximum Gasteiger partial charge on any atom is 0.123 e. The second-order valence-corrected chi connectivity index (χ2v) is 5.26. The van der Waals surface area contributed by atoms with Crippen molar-refractivity contribution in [2.24, 2.45) is 0 Å². The molecule has 0 bridgehead atoms. The minimum Gasteiger partial charge on any atom is -0.496 e. The largest absolute Gasteiger partial charge is 0.496 e. The van der Waals surface area contributed by atoms with Crippen LogP contribution in [0.5, 0.6) is 5.75 Å². The first-order chi connectivity index (χ1) is 9.15. The zero-order chi connectivity index (χ0) is 13.8. The van der Waals surface area contributed by atoms with Gasteiger partial charge in [-0.2, -0.15) is 0 Å². The van der Waals surface area contributed by atoms with E-state index in [1.54, 1.807) is 13.2 Å². The van der Waals surface area contributed by atoms with Crippen LogP contribution < -0.4 is 4.74 Å². The van der Waals surface area contributed by atoms with E-state index in [0.717, 1.165) is 17.5 Å². The number of benzene rings is 2. The summed E-state index contributed by atoms with van der Waals surface area (Å²) in [6.45, 7) is 2.12. The van der Waals surface area contributed by atoms with Crippen molar-refractivity contribution in [1.29, 1.82) is 0 Å². The smallest absolute Gasteiger partial charge is 0.123 e. The van der Waals surface area contributed by atoms with Crippen molar-refractivity contribution < 1.29 is 9.13 Å². The second-order valence-electron chi connectivity index (χ2n) is 4.34. The lowest BCUT2D eigenvalue weighted by atomic mass is 10.0. The molecule has 0 fully saturated rings. The van der Waals surface area contributed by atoms with Gasteiger partial charge in [0.1, 0.15) is 11.6 Å². The molecule has 0 spiro atoms. The van der Waals surface area contributed by atoms with Crippen molar-refractivity contribution in [3.05, 3.63) is 65.0 Å². The maximum absolute atomic E-state index is 13.4. The van der Waals surface area contributed by atoms with Crippen LogP contribution in [-0.2, 0) is 6.42 Å². The van der Waals surface area contributed by atoms with Gasteiger partial charge in [-0.15, -0.1) is 0 Å². The van der Waals surface area contributed by atoms with Crippen LogP contribution in [-0.4, -0.2) is 7.11 Å². The standard InChI is InChI=1S/C16H16BrFO/c1-3-11-4-6-12(7-5-11)16(17)14-10-13(18)8-9-15(14)19-2/h4-10,16H,3H2,1-2H3. The van der Waals surface area contributed by atoms with E-state index in [2.05, 4.69) is 47.1 Å². The average Bonchev–Trinajstić information content (AvgIpc) is 2.46. The molecular weight excluding hydrogens is 307 g/mol. The van der Waals surface area contributed by atoms with Gasteiger partial charge in [0.2, 0.25) is 0 Å². The molecule has 100 valence electrons. The fourth-order valence-corrected chi connectivity index (χ4v) is 2.67. The zero-order valence-electron chi connectivity index (χ0n) is 11.0. The van der Waals surface area contributed by atoms with E-state index >= 15 is 0 Å². The predicted molar refractivity (Wildman–Crippen MR) is 79.5 cm³/mol. The highest BCUT2D eigenvalue weighted by Gasteiger charge is 2.16. The number of hydrogen-bond acceptors (Lipinski definition) is 1. The SMILES string of the molecule is CCc1ccc(C(Br)c2cc(F)ccc2OC)cc1. The highest BCUT2D eigenvalue weighted by Crippen LogP contribution is 2.36. The molecule has 2 aromatic carbocycles. The van der Waals surface area contributed by atoms with Crippen LogP contribution in [0.15, 0.2) is 42.5 Å². The first kappa shape index (κ1) is 14.1. The van der Waals surface area contributed by atoms with E-state index in [9.17, 15) is 4.39 Å². The Balaban J connectivity index is 2.36. The monoisotopic (exact) mass is 322 g/mol. The number of rotatable bonds is 4. The summed E-state index contributed by atoms with van der Waals surface area (Å²) in [5.41, 5.74) is 3.17. The molecule has 0 aliphatic heterocycles. The molecule has 0 N–H and O–H groups in total. The predicted octanol–water partition coefficient (Wildman–Crippen LogP) is 4.88. The van der Waals surface area contributed by atoms with E-state index in [0.29, 0.717) is 5.75 Å². The third kappa shape index (κ3) is 3.16. The van der Waals surface area contributed by atoms with Crippen molar-refractivity contribution in [3.8, 4) is 5.75 Å². The summed E-state index contributed by atoms with van der Waals surface area (Å²) in [6, 6.07) is 12.9. The average molecular weight is 323 g/mol. The number of alkyl halides is 1. The van der Waals surface area contributed by atoms with Crippen LogP contribution in [0.2, 0.25) is 0 Å². The van der Waals surface area contributed by atoms with Gasteiger partial charge in [0.15, 0.2) is 0 Å². The second kappa shape index (κ2) is 6.20. The topological polar surface area (TPSA) is 9.23 Å². The zero-order valence-corrected chi connectivity index (χ0v) is 12.6. The van der Waals surface area contributed by atoms with Crippen LogP contribution in [0.4, 0.5) is 4.39 Å². The fourth-order valence-electron chi connectivity index (χ4n) is 2.01. The number of aryl methyl sites for hydroxylation is 1. The molecule has 1 unspecified atom stereocenters. The van der Waals surface area contributed by atoms with Crippen molar-refractivity contribution >= 4 is 15.9 Å². The minimum absolute atomic E-state index is 0.0796. The van der Waals surface area contributed by atoms with E-state index in [1.807, 2.05) is 0 Å². The lowest BCUT2D eigenvalue weighted by Gasteiger charge is -2.15. The lowest BCUT2D eigenvalue weighted by molar-refractivity contribution is 0.409. The summed E-state index contributed by atoms with van der Waals surface area (Å²) in [5, 5.41) is 0. The molecule has 0 saturated carbocycles. The molecule has 0 aliphatic rings. The Hall–Kier alpha value is -1.35. The van der Waals surface area contributed by atoms with Gasteiger partial charge in [-0.05, 0) is 35.7 Å². The first-order valence-corrected chi connectivity index (χ1v) is 7.13. The summed E-state index contributed by atoms with van der Waals surface area (Å²) in [5.74, 6) is 0.424. The number of halogens is 2. The van der Waals surface area contributed by atoms with E-state index in [1.165, 1.54) is 17.7 Å². The molecule has 19 heavy (non-hydrogen) atoms. The number of methoxy groups -OCH3 is 1. The van der Waals surface area contributed by atoms with Crippen molar-refractivity contribution in [2.75, 3.05) is 7.11 Å². The Labute approximate surface area is 121 Å². The van der Waals surface area contributed by atoms with Crippen molar-refractivity contribution in [1.82, 2.24) is 0 Å². The van der Waals surface area contributed by atoms with Crippen LogP contribution >= 0.6 is 15.9 Å². The van der Waals surface area contributed by atoms with Gasteiger partial charge in [-0.3, -0.25) is 0 Å². The third-order valence-electron chi connectivity index (χ3n) is 3.15. The van der Waals surface area contributed by atoms with Crippen LogP contribution in [0.25, 0.3) is 0 Å². The highest BCUT2D eigenvalue weighted by atomic mass is 79.9. The Morgan fingerprint density at radius 2 is 1.84 bits per heavy atom. The molecule has 3 heteroatoms. The van der Waals surface area contributed by atoms with E-state index < -0.39 is 0 Å².